The SMILES string of the molecule is Nc1cccc(CC(=O)N2CCOC(c3ccc(Cl)cc3)C2)c1. The van der Waals surface area contributed by atoms with Crippen LogP contribution in [-0.4, -0.2) is 30.5 Å². The molecule has 23 heavy (non-hydrogen) atoms. The second-order valence-corrected chi connectivity index (χ2v) is 6.11. The van der Waals surface area contributed by atoms with Gasteiger partial charge in [0.15, 0.2) is 0 Å². The molecular formula is C18H19ClN2O2. The summed E-state index contributed by atoms with van der Waals surface area (Å²) in [5, 5.41) is 0.694. The number of morpholine rings is 1. The average molecular weight is 331 g/mol. The summed E-state index contributed by atoms with van der Waals surface area (Å²) >= 11 is 5.92. The first kappa shape index (κ1) is 15.8. The van der Waals surface area contributed by atoms with Gasteiger partial charge in [0.05, 0.1) is 19.6 Å². The van der Waals surface area contributed by atoms with E-state index in [0.717, 1.165) is 11.1 Å². The van der Waals surface area contributed by atoms with E-state index in [1.54, 1.807) is 0 Å². The predicted octanol–water partition coefficient (Wildman–Crippen LogP) is 3.06. The summed E-state index contributed by atoms with van der Waals surface area (Å²) in [5.74, 6) is 0.0952. The van der Waals surface area contributed by atoms with Crippen molar-refractivity contribution in [2.45, 2.75) is 12.5 Å². The van der Waals surface area contributed by atoms with Crippen molar-refractivity contribution in [1.82, 2.24) is 4.90 Å². The molecule has 4 nitrogen and oxygen atoms in total. The molecule has 1 fully saturated rings. The molecule has 3 rings (SSSR count). The molecule has 1 aliphatic rings. The number of benzene rings is 2. The molecule has 2 N–H and O–H groups in total. The van der Waals surface area contributed by atoms with E-state index in [4.69, 9.17) is 22.1 Å². The molecule has 0 aromatic heterocycles. The Kier molecular flexibility index (Phi) is 4.84. The summed E-state index contributed by atoms with van der Waals surface area (Å²) in [6, 6.07) is 15.0. The van der Waals surface area contributed by atoms with Crippen molar-refractivity contribution in [2.75, 3.05) is 25.4 Å². The van der Waals surface area contributed by atoms with E-state index < -0.39 is 0 Å². The van der Waals surface area contributed by atoms with Gasteiger partial charge in [0, 0.05) is 17.3 Å². The maximum atomic E-state index is 12.5. The Morgan fingerprint density at radius 3 is 2.78 bits per heavy atom. The second kappa shape index (κ2) is 7.02. The van der Waals surface area contributed by atoms with E-state index >= 15 is 0 Å². The van der Waals surface area contributed by atoms with E-state index in [9.17, 15) is 4.79 Å². The number of nitrogen functional groups attached to an aromatic ring is 1. The van der Waals surface area contributed by atoms with Gasteiger partial charge in [-0.05, 0) is 35.4 Å². The van der Waals surface area contributed by atoms with Crippen LogP contribution in [0.4, 0.5) is 5.69 Å². The van der Waals surface area contributed by atoms with Crippen LogP contribution in [0.5, 0.6) is 0 Å². The number of hydrogen-bond donors (Lipinski definition) is 1. The quantitative estimate of drug-likeness (QED) is 0.880. The fourth-order valence-electron chi connectivity index (χ4n) is 2.74. The Morgan fingerprint density at radius 2 is 2.04 bits per heavy atom. The molecule has 1 saturated heterocycles. The Balaban J connectivity index is 1.65. The molecule has 0 bridgehead atoms. The molecule has 1 amide bonds. The zero-order chi connectivity index (χ0) is 16.2. The summed E-state index contributed by atoms with van der Waals surface area (Å²) in [6.45, 7) is 1.71. The summed E-state index contributed by atoms with van der Waals surface area (Å²) < 4.78 is 5.80. The first-order chi connectivity index (χ1) is 11.1. The highest BCUT2D eigenvalue weighted by atomic mass is 35.5. The summed E-state index contributed by atoms with van der Waals surface area (Å²) in [4.78, 5) is 14.4. The molecule has 1 atom stereocenters. The standard InChI is InChI=1S/C18H19ClN2O2/c19-15-6-4-14(5-7-15)17-12-21(8-9-23-17)18(22)11-13-2-1-3-16(20)10-13/h1-7,10,17H,8-9,11-12,20H2. The van der Waals surface area contributed by atoms with Gasteiger partial charge in [0.1, 0.15) is 6.10 Å². The highest BCUT2D eigenvalue weighted by molar-refractivity contribution is 6.30. The molecule has 1 heterocycles. The van der Waals surface area contributed by atoms with Gasteiger partial charge >= 0.3 is 0 Å². The number of ether oxygens (including phenoxy) is 1. The third kappa shape index (κ3) is 4.03. The first-order valence-electron chi connectivity index (χ1n) is 7.61. The van der Waals surface area contributed by atoms with Crippen molar-refractivity contribution in [3.63, 3.8) is 0 Å². The third-order valence-electron chi connectivity index (χ3n) is 3.97. The van der Waals surface area contributed by atoms with Gasteiger partial charge in [-0.15, -0.1) is 0 Å². The van der Waals surface area contributed by atoms with E-state index in [0.29, 0.717) is 36.8 Å². The molecule has 2 aromatic rings. The van der Waals surface area contributed by atoms with Crippen LogP contribution in [0, 0.1) is 0 Å². The van der Waals surface area contributed by atoms with Gasteiger partial charge in [-0.2, -0.15) is 0 Å². The topological polar surface area (TPSA) is 55.6 Å². The molecule has 5 heteroatoms. The van der Waals surface area contributed by atoms with Crippen molar-refractivity contribution in [2.24, 2.45) is 0 Å². The molecular weight excluding hydrogens is 312 g/mol. The molecule has 0 saturated carbocycles. The Hall–Kier alpha value is -2.04. The van der Waals surface area contributed by atoms with Crippen LogP contribution in [0.3, 0.4) is 0 Å². The van der Waals surface area contributed by atoms with Crippen molar-refractivity contribution in [3.8, 4) is 0 Å². The number of nitrogens with two attached hydrogens (primary N) is 1. The number of carbonyl (C=O) groups is 1. The maximum absolute atomic E-state index is 12.5. The van der Waals surface area contributed by atoms with Gasteiger partial charge in [0.25, 0.3) is 0 Å². The lowest BCUT2D eigenvalue weighted by molar-refractivity contribution is -0.138. The zero-order valence-corrected chi connectivity index (χ0v) is 13.5. The minimum atomic E-state index is -0.106. The fourth-order valence-corrected chi connectivity index (χ4v) is 2.87. The number of carbonyl (C=O) groups excluding carboxylic acids is 1. The fraction of sp³-hybridized carbons (Fsp3) is 0.278. The monoisotopic (exact) mass is 330 g/mol. The maximum Gasteiger partial charge on any atom is 0.227 e. The highest BCUT2D eigenvalue weighted by Gasteiger charge is 2.25. The van der Waals surface area contributed by atoms with Crippen LogP contribution in [0.15, 0.2) is 48.5 Å². The highest BCUT2D eigenvalue weighted by Crippen LogP contribution is 2.24. The van der Waals surface area contributed by atoms with Crippen LogP contribution in [-0.2, 0) is 16.0 Å². The lowest BCUT2D eigenvalue weighted by Gasteiger charge is -2.33. The third-order valence-corrected chi connectivity index (χ3v) is 4.22. The zero-order valence-electron chi connectivity index (χ0n) is 12.7. The number of anilines is 1. The minimum Gasteiger partial charge on any atom is -0.399 e. The van der Waals surface area contributed by atoms with Crippen LogP contribution in [0.2, 0.25) is 5.02 Å². The van der Waals surface area contributed by atoms with Crippen molar-refractivity contribution in [1.29, 1.82) is 0 Å². The Morgan fingerprint density at radius 1 is 1.26 bits per heavy atom. The average Bonchev–Trinajstić information content (AvgIpc) is 2.56. The summed E-state index contributed by atoms with van der Waals surface area (Å²) in [7, 11) is 0. The second-order valence-electron chi connectivity index (χ2n) is 5.67. The summed E-state index contributed by atoms with van der Waals surface area (Å²) in [6.07, 6.45) is 0.254. The van der Waals surface area contributed by atoms with Crippen LogP contribution in [0.1, 0.15) is 17.2 Å². The molecule has 120 valence electrons. The first-order valence-corrected chi connectivity index (χ1v) is 7.99. The van der Waals surface area contributed by atoms with Crippen LogP contribution >= 0.6 is 11.6 Å². The largest absolute Gasteiger partial charge is 0.399 e. The van der Waals surface area contributed by atoms with Crippen molar-refractivity contribution < 1.29 is 9.53 Å². The smallest absolute Gasteiger partial charge is 0.227 e. The number of halogens is 1. The number of nitrogens with zero attached hydrogens (tertiary/aromatic N) is 1. The molecule has 1 unspecified atom stereocenters. The van der Waals surface area contributed by atoms with Gasteiger partial charge in [-0.25, -0.2) is 0 Å². The predicted molar refractivity (Wildman–Crippen MR) is 91.3 cm³/mol. The van der Waals surface area contributed by atoms with E-state index in [2.05, 4.69) is 0 Å². The van der Waals surface area contributed by atoms with E-state index in [1.807, 2.05) is 53.4 Å². The molecule has 0 aliphatic carbocycles. The van der Waals surface area contributed by atoms with Crippen molar-refractivity contribution >= 4 is 23.2 Å². The van der Waals surface area contributed by atoms with Crippen LogP contribution in [0.25, 0.3) is 0 Å². The number of amides is 1. The number of rotatable bonds is 3. The van der Waals surface area contributed by atoms with Gasteiger partial charge < -0.3 is 15.4 Å². The molecule has 0 spiro atoms. The molecule has 0 radical (unpaired) electrons. The van der Waals surface area contributed by atoms with E-state index in [1.165, 1.54) is 0 Å². The van der Waals surface area contributed by atoms with Gasteiger partial charge in [-0.1, -0.05) is 35.9 Å². The van der Waals surface area contributed by atoms with Gasteiger partial charge in [0.2, 0.25) is 5.91 Å². The Labute approximate surface area is 140 Å². The Bertz CT molecular complexity index is 688. The number of hydrogen-bond acceptors (Lipinski definition) is 3. The molecule has 1 aliphatic heterocycles. The summed E-state index contributed by atoms with van der Waals surface area (Å²) in [5.41, 5.74) is 8.42. The van der Waals surface area contributed by atoms with Crippen LogP contribution < -0.4 is 5.73 Å². The normalized spacial score (nSPS) is 18.0. The van der Waals surface area contributed by atoms with E-state index in [-0.39, 0.29) is 12.0 Å². The molecule has 2 aromatic carbocycles. The van der Waals surface area contributed by atoms with Gasteiger partial charge in [-0.3, -0.25) is 4.79 Å². The lowest BCUT2D eigenvalue weighted by Crippen LogP contribution is -2.42. The lowest BCUT2D eigenvalue weighted by atomic mass is 10.1. The van der Waals surface area contributed by atoms with Crippen molar-refractivity contribution in [3.05, 3.63) is 64.7 Å². The minimum absolute atomic E-state index is 0.0952.